The highest BCUT2D eigenvalue weighted by atomic mass is 16.6. The van der Waals surface area contributed by atoms with Gasteiger partial charge in [0.25, 0.3) is 5.56 Å². The van der Waals surface area contributed by atoms with Crippen molar-refractivity contribution in [3.8, 4) is 17.1 Å². The van der Waals surface area contributed by atoms with Gasteiger partial charge in [0, 0.05) is 48.5 Å². The van der Waals surface area contributed by atoms with Gasteiger partial charge in [-0.15, -0.1) is 0 Å². The number of fused-ring (bicyclic) bond motifs is 5. The molecule has 0 aliphatic carbocycles. The molecule has 1 N–H and O–H groups in total. The fourth-order valence-corrected chi connectivity index (χ4v) is 10.7. The van der Waals surface area contributed by atoms with Crippen LogP contribution in [-0.2, 0) is 49.0 Å². The molecule has 7 rings (SSSR count). The van der Waals surface area contributed by atoms with E-state index in [1.54, 1.807) is 17.6 Å². The predicted molar refractivity (Wildman–Crippen MR) is 250 cm³/mol. The standard InChI is InChI=1S/C52H72N4O9/c1-3-39-40-33-38(64-51(62)55-31-27-37(28-32-55)54-29-21-18-22-30-54)25-26-44(40)53-48-41(39)35-56-45(48)34-43-42(49(56)60)36-63-50(61)52(43,4-2)65-47(59)24-20-17-15-13-11-9-7-5-6-8-10-12-14-16-19-23-46(57)58/h25-26,33-34,37H,3-24,27-32,35-36H2,1-2H3,(H,57,58)/t52-/m0/s1. The monoisotopic (exact) mass is 897 g/mol. The van der Waals surface area contributed by atoms with Gasteiger partial charge in [-0.1, -0.05) is 104 Å². The van der Waals surface area contributed by atoms with Crippen molar-refractivity contribution in [3.05, 3.63) is 56.9 Å². The molecular formula is C52H72N4O9. The van der Waals surface area contributed by atoms with Crippen molar-refractivity contribution in [1.82, 2.24) is 19.4 Å². The molecule has 0 saturated carbocycles. The van der Waals surface area contributed by atoms with Crippen LogP contribution in [0.5, 0.6) is 5.75 Å². The fourth-order valence-electron chi connectivity index (χ4n) is 10.7. The van der Waals surface area contributed by atoms with Crippen LogP contribution in [0.4, 0.5) is 4.79 Å². The summed E-state index contributed by atoms with van der Waals surface area (Å²) in [6.07, 6.45) is 23.1. The lowest BCUT2D eigenvalue weighted by atomic mass is 9.85. The molecule has 0 spiro atoms. The number of amides is 1. The van der Waals surface area contributed by atoms with E-state index in [-0.39, 0.29) is 37.5 Å². The molecule has 6 heterocycles. The third kappa shape index (κ3) is 11.6. The molecule has 1 atom stereocenters. The molecule has 0 radical (unpaired) electrons. The zero-order valence-electron chi connectivity index (χ0n) is 39.1. The normalized spacial score (nSPS) is 18.6. The highest BCUT2D eigenvalue weighted by Crippen LogP contribution is 2.43. The van der Waals surface area contributed by atoms with Gasteiger partial charge in [0.05, 0.1) is 29.0 Å². The van der Waals surface area contributed by atoms with E-state index in [4.69, 9.17) is 24.3 Å². The van der Waals surface area contributed by atoms with Gasteiger partial charge in [0.2, 0.25) is 5.60 Å². The number of ether oxygens (including phenoxy) is 3. The second-order valence-electron chi connectivity index (χ2n) is 18.9. The number of aromatic nitrogens is 2. The number of carbonyl (C=O) groups is 4. The summed E-state index contributed by atoms with van der Waals surface area (Å²) >= 11 is 0. The van der Waals surface area contributed by atoms with Crippen LogP contribution < -0.4 is 10.3 Å². The average Bonchev–Trinajstić information content (AvgIpc) is 3.68. The van der Waals surface area contributed by atoms with E-state index in [0.717, 1.165) is 81.0 Å². The van der Waals surface area contributed by atoms with Crippen LogP contribution in [0.2, 0.25) is 0 Å². The number of cyclic esters (lactones) is 1. The number of hydrogen-bond acceptors (Lipinski definition) is 10. The van der Waals surface area contributed by atoms with Crippen molar-refractivity contribution in [2.45, 2.75) is 193 Å². The number of likely N-dealkylation sites (tertiary alicyclic amines) is 2. The number of carboxylic acid groups (broad SMARTS) is 1. The molecule has 2 fully saturated rings. The first-order valence-corrected chi connectivity index (χ1v) is 25.2. The van der Waals surface area contributed by atoms with E-state index in [9.17, 15) is 24.0 Å². The van der Waals surface area contributed by atoms with E-state index in [1.165, 1.54) is 70.6 Å². The summed E-state index contributed by atoms with van der Waals surface area (Å²) < 4.78 is 19.3. The van der Waals surface area contributed by atoms with E-state index in [2.05, 4.69) is 11.8 Å². The molecule has 2 saturated heterocycles. The Hall–Kier alpha value is -4.78. The first-order chi connectivity index (χ1) is 31.6. The fraction of sp³-hybridized carbons (Fsp3) is 0.654. The number of esters is 2. The van der Waals surface area contributed by atoms with Crippen LogP contribution in [0.15, 0.2) is 29.1 Å². The van der Waals surface area contributed by atoms with E-state index in [0.29, 0.717) is 72.3 Å². The number of aliphatic carboxylic acids is 1. The number of benzene rings is 1. The van der Waals surface area contributed by atoms with Gasteiger partial charge < -0.3 is 33.7 Å². The van der Waals surface area contributed by atoms with Crippen LogP contribution in [-0.4, -0.2) is 80.7 Å². The molecule has 0 bridgehead atoms. The number of rotatable bonds is 23. The number of unbranched alkanes of at least 4 members (excludes halogenated alkanes) is 14. The number of hydrogen-bond donors (Lipinski definition) is 1. The maximum Gasteiger partial charge on any atom is 0.415 e. The number of aryl methyl sites for hydroxylation is 1. The Morgan fingerprint density at radius 2 is 1.40 bits per heavy atom. The van der Waals surface area contributed by atoms with Crippen LogP contribution in [0.1, 0.15) is 184 Å². The minimum absolute atomic E-state index is 0.123. The van der Waals surface area contributed by atoms with Crippen molar-refractivity contribution in [1.29, 1.82) is 0 Å². The second-order valence-corrected chi connectivity index (χ2v) is 18.9. The lowest BCUT2D eigenvalue weighted by Gasteiger charge is -2.39. The summed E-state index contributed by atoms with van der Waals surface area (Å²) in [6, 6.07) is 7.86. The van der Waals surface area contributed by atoms with Crippen molar-refractivity contribution < 1.29 is 38.5 Å². The molecule has 13 heteroatoms. The van der Waals surface area contributed by atoms with Crippen LogP contribution >= 0.6 is 0 Å². The maximum absolute atomic E-state index is 14.3. The molecule has 4 aliphatic rings. The molecule has 0 unspecified atom stereocenters. The second kappa shape index (κ2) is 23.1. The molecule has 1 aromatic carbocycles. The quantitative estimate of drug-likeness (QED) is 0.0558. The molecule has 3 aromatic rings. The smallest absolute Gasteiger partial charge is 0.415 e. The summed E-state index contributed by atoms with van der Waals surface area (Å²) in [5.74, 6) is -1.38. The SMILES string of the molecule is CCc1c2c(nc3ccc(OC(=O)N4CCC(N5CCCCC5)CC4)cc13)-c1cc3c(c(=O)n1C2)COC(=O)[C@@]3(CC)OC(=O)CCCCCCCCCCCCCCCCCC(=O)O. The van der Waals surface area contributed by atoms with E-state index < -0.39 is 23.5 Å². The lowest BCUT2D eigenvalue weighted by Crippen LogP contribution is -2.48. The Morgan fingerprint density at radius 3 is 2.00 bits per heavy atom. The lowest BCUT2D eigenvalue weighted by molar-refractivity contribution is -0.189. The molecule has 13 nitrogen and oxygen atoms in total. The summed E-state index contributed by atoms with van der Waals surface area (Å²) in [5, 5.41) is 9.59. The Bertz CT molecular complexity index is 2210. The van der Waals surface area contributed by atoms with Gasteiger partial charge in [-0.2, -0.15) is 0 Å². The number of carbonyl (C=O) groups excluding carboxylic acids is 3. The number of nitrogens with zero attached hydrogens (tertiary/aromatic N) is 4. The van der Waals surface area contributed by atoms with Gasteiger partial charge in [-0.05, 0) is 94.3 Å². The zero-order valence-corrected chi connectivity index (χ0v) is 39.1. The van der Waals surface area contributed by atoms with Crippen molar-refractivity contribution >= 4 is 34.9 Å². The Morgan fingerprint density at radius 1 is 0.785 bits per heavy atom. The van der Waals surface area contributed by atoms with Gasteiger partial charge in [-0.25, -0.2) is 14.6 Å². The third-order valence-electron chi connectivity index (χ3n) is 14.5. The number of pyridine rings is 2. The average molecular weight is 897 g/mol. The molecule has 354 valence electrons. The van der Waals surface area contributed by atoms with Crippen molar-refractivity contribution in [2.24, 2.45) is 0 Å². The van der Waals surface area contributed by atoms with Gasteiger partial charge in [-0.3, -0.25) is 14.4 Å². The molecule has 65 heavy (non-hydrogen) atoms. The van der Waals surface area contributed by atoms with Crippen LogP contribution in [0.25, 0.3) is 22.3 Å². The highest BCUT2D eigenvalue weighted by molar-refractivity contribution is 5.91. The molecular weight excluding hydrogens is 825 g/mol. The van der Waals surface area contributed by atoms with Gasteiger partial charge in [0.1, 0.15) is 12.4 Å². The third-order valence-corrected chi connectivity index (χ3v) is 14.5. The molecule has 4 aliphatic heterocycles. The minimum atomic E-state index is -1.73. The van der Waals surface area contributed by atoms with Crippen LogP contribution in [0.3, 0.4) is 0 Å². The van der Waals surface area contributed by atoms with E-state index in [1.807, 2.05) is 23.1 Å². The number of piperidine rings is 2. The minimum Gasteiger partial charge on any atom is -0.481 e. The van der Waals surface area contributed by atoms with Crippen molar-refractivity contribution in [2.75, 3.05) is 26.2 Å². The van der Waals surface area contributed by atoms with Crippen molar-refractivity contribution in [3.63, 3.8) is 0 Å². The molecule has 2 aromatic heterocycles. The largest absolute Gasteiger partial charge is 0.481 e. The summed E-state index contributed by atoms with van der Waals surface area (Å²) in [4.78, 5) is 74.8. The van der Waals surface area contributed by atoms with Gasteiger partial charge >= 0.3 is 24.0 Å². The van der Waals surface area contributed by atoms with E-state index >= 15 is 0 Å². The Kier molecular flexibility index (Phi) is 17.1. The highest BCUT2D eigenvalue weighted by Gasteiger charge is 2.50. The number of carboxylic acids is 1. The zero-order chi connectivity index (χ0) is 45.8. The first-order valence-electron chi connectivity index (χ1n) is 25.2. The summed E-state index contributed by atoms with van der Waals surface area (Å²) in [7, 11) is 0. The Labute approximate surface area is 384 Å². The Balaban J connectivity index is 0.921. The summed E-state index contributed by atoms with van der Waals surface area (Å²) in [6.45, 7) is 7.62. The first kappa shape index (κ1) is 48.2. The molecule has 1 amide bonds. The summed E-state index contributed by atoms with van der Waals surface area (Å²) in [5.41, 5.74) is 2.54. The topological polar surface area (TPSA) is 158 Å². The van der Waals surface area contributed by atoms with Crippen LogP contribution in [0, 0.1) is 0 Å². The maximum atomic E-state index is 14.3. The predicted octanol–water partition coefficient (Wildman–Crippen LogP) is 10.4. The van der Waals surface area contributed by atoms with Gasteiger partial charge in [0.15, 0.2) is 0 Å².